The normalized spacial score (nSPS) is 22.5. The van der Waals surface area contributed by atoms with Gasteiger partial charge >= 0.3 is 0 Å². The van der Waals surface area contributed by atoms with Crippen molar-refractivity contribution in [2.75, 3.05) is 40.5 Å². The van der Waals surface area contributed by atoms with Crippen molar-refractivity contribution in [1.29, 1.82) is 0 Å². The van der Waals surface area contributed by atoms with Crippen molar-refractivity contribution in [3.05, 3.63) is 34.9 Å². The minimum Gasteiger partial charge on any atom is -0.493 e. The molecule has 1 aliphatic carbocycles. The number of carbonyl (C=O) groups is 3. The van der Waals surface area contributed by atoms with E-state index in [2.05, 4.69) is 5.32 Å². The Kier molecular flexibility index (Phi) is 8.87. The number of ether oxygens (including phenoxy) is 3. The summed E-state index contributed by atoms with van der Waals surface area (Å²) in [6, 6.07) is 2.29. The first-order chi connectivity index (χ1) is 16.8. The first kappa shape index (κ1) is 26.7. The number of amides is 2. The molecular weight excluding hydrogens is 456 g/mol. The van der Waals surface area contributed by atoms with Crippen molar-refractivity contribution in [3.8, 4) is 11.5 Å². The van der Waals surface area contributed by atoms with Crippen LogP contribution in [-0.2, 0) is 14.3 Å². The highest BCUT2D eigenvalue weighted by Gasteiger charge is 2.51. The van der Waals surface area contributed by atoms with Gasteiger partial charge in [0.15, 0.2) is 11.5 Å². The maximum absolute atomic E-state index is 13.2. The lowest BCUT2D eigenvalue weighted by molar-refractivity contribution is -0.138. The van der Waals surface area contributed by atoms with Crippen LogP contribution in [0, 0.1) is 5.92 Å². The quantitative estimate of drug-likeness (QED) is 0.385. The zero-order valence-electron chi connectivity index (χ0n) is 20.5. The molecule has 0 radical (unpaired) electrons. The Hall–Kier alpha value is -2.95. The van der Waals surface area contributed by atoms with Gasteiger partial charge in [-0.2, -0.15) is 0 Å². The molecular formula is C25H34N2O8. The van der Waals surface area contributed by atoms with Crippen LogP contribution in [0.15, 0.2) is 23.8 Å². The number of fused-ring (bicyclic) bond motifs is 3. The average molecular weight is 491 g/mol. The van der Waals surface area contributed by atoms with Gasteiger partial charge in [0, 0.05) is 43.3 Å². The third kappa shape index (κ3) is 5.50. The van der Waals surface area contributed by atoms with E-state index in [0.29, 0.717) is 28.9 Å². The Morgan fingerprint density at radius 3 is 2.63 bits per heavy atom. The van der Waals surface area contributed by atoms with Crippen molar-refractivity contribution in [2.24, 2.45) is 5.92 Å². The van der Waals surface area contributed by atoms with Gasteiger partial charge in [-0.15, -0.1) is 0 Å². The van der Waals surface area contributed by atoms with E-state index in [9.17, 15) is 24.6 Å². The predicted molar refractivity (Wildman–Crippen MR) is 127 cm³/mol. The largest absolute Gasteiger partial charge is 0.493 e. The van der Waals surface area contributed by atoms with Gasteiger partial charge in [0.1, 0.15) is 18.5 Å². The number of aliphatic hydroxyl groups is 2. The summed E-state index contributed by atoms with van der Waals surface area (Å²) in [5, 5.41) is 23.3. The van der Waals surface area contributed by atoms with Crippen LogP contribution < -0.4 is 14.8 Å². The summed E-state index contributed by atoms with van der Waals surface area (Å²) in [5.74, 6) is -0.595. The Bertz CT molecular complexity index is 976. The standard InChI is InChI=1S/C25H34N2O8/c1-14(2)9-20(30)27(6-8-33-3)18-12-17(25(32)26-5-7-28)21-16-10-15(13-29)11-19(34-4)23(16)35-24(21)22(18)31/h10-14,18,21-22,24,28,31H,5-9H2,1-4H3,(H,26,32). The van der Waals surface area contributed by atoms with E-state index in [0.717, 1.165) is 0 Å². The van der Waals surface area contributed by atoms with Gasteiger partial charge < -0.3 is 34.6 Å². The van der Waals surface area contributed by atoms with Crippen LogP contribution in [0.4, 0.5) is 0 Å². The van der Waals surface area contributed by atoms with Crippen molar-refractivity contribution in [2.45, 2.75) is 44.4 Å². The van der Waals surface area contributed by atoms with E-state index in [1.807, 2.05) is 13.8 Å². The van der Waals surface area contributed by atoms with Gasteiger partial charge in [0.05, 0.1) is 32.3 Å². The SMILES string of the molecule is COCCN(C(=O)CC(C)C)C1C=C(C(=O)NCCO)C2c3cc(C=O)cc(OC)c3OC2C1O. The second-order valence-corrected chi connectivity index (χ2v) is 9.08. The maximum atomic E-state index is 13.2. The fourth-order valence-electron chi connectivity index (χ4n) is 4.65. The maximum Gasteiger partial charge on any atom is 0.247 e. The molecule has 2 amide bonds. The number of methoxy groups -OCH3 is 2. The molecule has 10 heteroatoms. The van der Waals surface area contributed by atoms with Crippen LogP contribution in [0.5, 0.6) is 11.5 Å². The van der Waals surface area contributed by atoms with E-state index in [4.69, 9.17) is 14.2 Å². The number of nitrogens with zero attached hydrogens (tertiary/aromatic N) is 1. The lowest BCUT2D eigenvalue weighted by atomic mass is 9.77. The molecule has 3 N–H and O–H groups in total. The number of aldehydes is 1. The average Bonchev–Trinajstić information content (AvgIpc) is 3.22. The fourth-order valence-corrected chi connectivity index (χ4v) is 4.65. The highest BCUT2D eigenvalue weighted by molar-refractivity contribution is 5.96. The van der Waals surface area contributed by atoms with Gasteiger partial charge in [-0.3, -0.25) is 14.4 Å². The Labute approximate surface area is 204 Å². The lowest BCUT2D eigenvalue weighted by Gasteiger charge is -2.41. The van der Waals surface area contributed by atoms with Crippen LogP contribution in [-0.4, -0.2) is 92.0 Å². The van der Waals surface area contributed by atoms with E-state index in [1.54, 1.807) is 12.1 Å². The highest BCUT2D eigenvalue weighted by Crippen LogP contribution is 2.51. The minimum absolute atomic E-state index is 0.0336. The Balaban J connectivity index is 2.11. The van der Waals surface area contributed by atoms with E-state index >= 15 is 0 Å². The molecule has 0 saturated heterocycles. The van der Waals surface area contributed by atoms with Gasteiger partial charge in [-0.05, 0) is 24.1 Å². The fraction of sp³-hybridized carbons (Fsp3) is 0.560. The molecule has 10 nitrogen and oxygen atoms in total. The lowest BCUT2D eigenvalue weighted by Crippen LogP contribution is -2.56. The van der Waals surface area contributed by atoms with Crippen LogP contribution in [0.2, 0.25) is 0 Å². The summed E-state index contributed by atoms with van der Waals surface area (Å²) in [6.07, 6.45) is 0.454. The number of carbonyl (C=O) groups excluding carboxylic acids is 3. The summed E-state index contributed by atoms with van der Waals surface area (Å²) in [5.41, 5.74) is 1.16. The molecule has 1 aromatic rings. The summed E-state index contributed by atoms with van der Waals surface area (Å²) >= 11 is 0. The van der Waals surface area contributed by atoms with Crippen molar-refractivity contribution >= 4 is 18.1 Å². The molecule has 0 spiro atoms. The van der Waals surface area contributed by atoms with Gasteiger partial charge in [-0.25, -0.2) is 0 Å². The van der Waals surface area contributed by atoms with Crippen LogP contribution in [0.25, 0.3) is 0 Å². The molecule has 0 aromatic heterocycles. The minimum atomic E-state index is -1.17. The van der Waals surface area contributed by atoms with E-state index < -0.39 is 30.1 Å². The number of benzene rings is 1. The topological polar surface area (TPSA) is 135 Å². The van der Waals surface area contributed by atoms with Crippen LogP contribution in [0.3, 0.4) is 0 Å². The smallest absolute Gasteiger partial charge is 0.247 e. The second-order valence-electron chi connectivity index (χ2n) is 9.08. The first-order valence-electron chi connectivity index (χ1n) is 11.7. The molecule has 4 unspecified atom stereocenters. The van der Waals surface area contributed by atoms with E-state index in [1.165, 1.54) is 25.2 Å². The first-order valence-corrected chi connectivity index (χ1v) is 11.7. The number of aliphatic hydroxyl groups excluding tert-OH is 2. The zero-order valence-corrected chi connectivity index (χ0v) is 20.5. The molecule has 35 heavy (non-hydrogen) atoms. The molecule has 0 saturated carbocycles. The molecule has 3 rings (SSSR count). The molecule has 1 heterocycles. The Morgan fingerprint density at radius 2 is 2.03 bits per heavy atom. The number of nitrogens with one attached hydrogen (secondary N) is 1. The van der Waals surface area contributed by atoms with Gasteiger partial charge in [-0.1, -0.05) is 13.8 Å². The number of hydrogen-bond acceptors (Lipinski definition) is 8. The van der Waals surface area contributed by atoms with Crippen LogP contribution >= 0.6 is 0 Å². The summed E-state index contributed by atoms with van der Waals surface area (Å²) in [6.45, 7) is 4.11. The summed E-state index contributed by atoms with van der Waals surface area (Å²) < 4.78 is 16.7. The van der Waals surface area contributed by atoms with Crippen LogP contribution in [0.1, 0.15) is 42.1 Å². The molecule has 0 bridgehead atoms. The van der Waals surface area contributed by atoms with E-state index in [-0.39, 0.29) is 50.1 Å². The molecule has 1 aromatic carbocycles. The number of hydrogen-bond donors (Lipinski definition) is 3. The molecule has 2 aliphatic rings. The summed E-state index contributed by atoms with van der Waals surface area (Å²) in [7, 11) is 2.96. The van der Waals surface area contributed by atoms with Crippen molar-refractivity contribution in [1.82, 2.24) is 10.2 Å². The van der Waals surface area contributed by atoms with Crippen molar-refractivity contribution < 1.29 is 38.8 Å². The predicted octanol–water partition coefficient (Wildman–Crippen LogP) is 0.651. The highest BCUT2D eigenvalue weighted by atomic mass is 16.5. The molecule has 1 aliphatic heterocycles. The Morgan fingerprint density at radius 1 is 1.29 bits per heavy atom. The zero-order chi connectivity index (χ0) is 25.7. The van der Waals surface area contributed by atoms with Gasteiger partial charge in [0.2, 0.25) is 11.8 Å². The monoisotopic (exact) mass is 490 g/mol. The molecule has 0 fully saturated rings. The second kappa shape index (κ2) is 11.7. The number of rotatable bonds is 11. The van der Waals surface area contributed by atoms with Gasteiger partial charge in [0.25, 0.3) is 0 Å². The molecule has 192 valence electrons. The third-order valence-corrected chi connectivity index (χ3v) is 6.21. The molecule has 4 atom stereocenters. The van der Waals surface area contributed by atoms with Crippen molar-refractivity contribution in [3.63, 3.8) is 0 Å². The summed E-state index contributed by atoms with van der Waals surface area (Å²) in [4.78, 5) is 39.4. The third-order valence-electron chi connectivity index (χ3n) is 6.21.